The summed E-state index contributed by atoms with van der Waals surface area (Å²) < 4.78 is 13.0. The fourth-order valence-electron chi connectivity index (χ4n) is 8.93. The number of hydrogen-bond donors (Lipinski definition) is 2. The monoisotopic (exact) mass is 771 g/mol. The first kappa shape index (κ1) is 34.3. The molecule has 2 aromatic heterocycles. The molecular formula is C55H37N3O2. The fraction of sp³-hybridized carbons (Fsp3) is 0.0364. The highest BCUT2D eigenvalue weighted by molar-refractivity contribution is 6.21. The van der Waals surface area contributed by atoms with Crippen molar-refractivity contribution < 1.29 is 8.83 Å². The van der Waals surface area contributed by atoms with Crippen molar-refractivity contribution >= 4 is 60.5 Å². The molecule has 3 heterocycles. The van der Waals surface area contributed by atoms with Gasteiger partial charge in [-0.3, -0.25) is 5.32 Å². The zero-order valence-corrected chi connectivity index (χ0v) is 32.5. The minimum atomic E-state index is -0.283. The van der Waals surface area contributed by atoms with Gasteiger partial charge in [-0.2, -0.15) is 0 Å². The lowest BCUT2D eigenvalue weighted by atomic mass is 9.94. The van der Waals surface area contributed by atoms with Crippen molar-refractivity contribution in [2.75, 3.05) is 0 Å². The third-order valence-corrected chi connectivity index (χ3v) is 12.0. The van der Waals surface area contributed by atoms with Gasteiger partial charge in [-0.25, -0.2) is 4.99 Å². The minimum Gasteiger partial charge on any atom is -0.456 e. The topological polar surface area (TPSA) is 62.7 Å². The summed E-state index contributed by atoms with van der Waals surface area (Å²) in [5.41, 5.74) is 13.4. The SMILES string of the molecule is c1ccc(-c2ccc(-c3cc(C4NC(c5ccc(-c6ccc7c(c6)oc6ccccc67)cc5)=NC(c5ccccc5)N4)cc4c3oc3ccc5ccccc5c34)cc2)cc1. The van der Waals surface area contributed by atoms with E-state index in [-0.39, 0.29) is 12.3 Å². The van der Waals surface area contributed by atoms with E-state index in [1.54, 1.807) is 0 Å². The van der Waals surface area contributed by atoms with Crippen LogP contribution >= 0.6 is 0 Å². The first-order valence-corrected chi connectivity index (χ1v) is 20.4. The van der Waals surface area contributed by atoms with Crippen LogP contribution in [-0.4, -0.2) is 5.84 Å². The zero-order valence-electron chi connectivity index (χ0n) is 32.5. The van der Waals surface area contributed by atoms with Crippen molar-refractivity contribution in [2.24, 2.45) is 4.99 Å². The summed E-state index contributed by atoms with van der Waals surface area (Å²) in [7, 11) is 0. The van der Waals surface area contributed by atoms with Crippen LogP contribution in [0.4, 0.5) is 0 Å². The lowest BCUT2D eigenvalue weighted by molar-refractivity contribution is 0.409. The Morgan fingerprint density at radius 1 is 0.400 bits per heavy atom. The number of fused-ring (bicyclic) bond motifs is 8. The molecule has 0 saturated carbocycles. The van der Waals surface area contributed by atoms with Crippen molar-refractivity contribution in [2.45, 2.75) is 12.3 Å². The highest BCUT2D eigenvalue weighted by Gasteiger charge is 2.28. The number of rotatable bonds is 6. The van der Waals surface area contributed by atoms with Crippen molar-refractivity contribution in [1.29, 1.82) is 0 Å². The summed E-state index contributed by atoms with van der Waals surface area (Å²) in [4.78, 5) is 5.29. The molecule has 2 unspecified atom stereocenters. The number of amidine groups is 1. The molecule has 5 nitrogen and oxygen atoms in total. The average molecular weight is 772 g/mol. The van der Waals surface area contributed by atoms with Crippen LogP contribution in [0.5, 0.6) is 0 Å². The lowest BCUT2D eigenvalue weighted by Crippen LogP contribution is -2.45. The molecule has 0 spiro atoms. The highest BCUT2D eigenvalue weighted by Crippen LogP contribution is 2.42. The van der Waals surface area contributed by atoms with Crippen LogP contribution in [0.25, 0.3) is 88.0 Å². The van der Waals surface area contributed by atoms with E-state index in [0.29, 0.717) is 0 Å². The summed E-state index contributed by atoms with van der Waals surface area (Å²) in [6, 6.07) is 70.5. The van der Waals surface area contributed by atoms with Gasteiger partial charge in [0.15, 0.2) is 0 Å². The lowest BCUT2D eigenvalue weighted by Gasteiger charge is -2.32. The van der Waals surface area contributed by atoms with E-state index in [2.05, 4.69) is 193 Å². The van der Waals surface area contributed by atoms with Crippen LogP contribution < -0.4 is 10.6 Å². The third-order valence-electron chi connectivity index (χ3n) is 12.0. The van der Waals surface area contributed by atoms with Crippen molar-refractivity contribution in [3.05, 3.63) is 217 Å². The third kappa shape index (κ3) is 5.86. The molecule has 0 amide bonds. The highest BCUT2D eigenvalue weighted by atomic mass is 16.3. The van der Waals surface area contributed by atoms with Crippen LogP contribution in [0.1, 0.15) is 29.0 Å². The van der Waals surface area contributed by atoms with Gasteiger partial charge in [0.05, 0.1) is 0 Å². The Hall–Kier alpha value is -7.73. The molecule has 1 aliphatic heterocycles. The molecule has 9 aromatic carbocycles. The maximum absolute atomic E-state index is 6.80. The maximum atomic E-state index is 6.80. The van der Waals surface area contributed by atoms with Gasteiger partial charge in [-0.1, -0.05) is 164 Å². The Morgan fingerprint density at radius 2 is 1.03 bits per heavy atom. The molecule has 2 N–H and O–H groups in total. The molecule has 0 saturated heterocycles. The van der Waals surface area contributed by atoms with Crippen molar-refractivity contribution in [3.8, 4) is 33.4 Å². The van der Waals surface area contributed by atoms with E-state index >= 15 is 0 Å². The van der Waals surface area contributed by atoms with Crippen LogP contribution in [0.2, 0.25) is 0 Å². The predicted octanol–water partition coefficient (Wildman–Crippen LogP) is 14.0. The van der Waals surface area contributed by atoms with E-state index in [1.807, 2.05) is 18.2 Å². The summed E-state index contributed by atoms with van der Waals surface area (Å²) in [5.74, 6) is 0.822. The van der Waals surface area contributed by atoms with E-state index in [9.17, 15) is 0 Å². The molecule has 2 atom stereocenters. The van der Waals surface area contributed by atoms with E-state index in [0.717, 1.165) is 88.7 Å². The van der Waals surface area contributed by atoms with Gasteiger partial charge in [0, 0.05) is 32.7 Å². The molecule has 0 fully saturated rings. The predicted molar refractivity (Wildman–Crippen MR) is 246 cm³/mol. The molecular weight excluding hydrogens is 735 g/mol. The van der Waals surface area contributed by atoms with Crippen LogP contribution in [0.3, 0.4) is 0 Å². The summed E-state index contributed by atoms with van der Waals surface area (Å²) in [5, 5.41) is 14.5. The summed E-state index contributed by atoms with van der Waals surface area (Å²) in [6.07, 6.45) is -0.557. The Balaban J connectivity index is 0.969. The van der Waals surface area contributed by atoms with Gasteiger partial charge in [0.2, 0.25) is 0 Å². The van der Waals surface area contributed by atoms with Gasteiger partial charge in [0.1, 0.15) is 40.5 Å². The first-order valence-electron chi connectivity index (χ1n) is 20.4. The van der Waals surface area contributed by atoms with Gasteiger partial charge < -0.3 is 14.2 Å². The number of nitrogens with one attached hydrogen (secondary N) is 2. The van der Waals surface area contributed by atoms with Crippen molar-refractivity contribution in [1.82, 2.24) is 10.6 Å². The molecule has 5 heteroatoms. The van der Waals surface area contributed by atoms with Gasteiger partial charge >= 0.3 is 0 Å². The van der Waals surface area contributed by atoms with Crippen molar-refractivity contribution in [3.63, 3.8) is 0 Å². The van der Waals surface area contributed by atoms with Crippen LogP contribution in [0, 0.1) is 0 Å². The number of aliphatic imine (C=N–C) groups is 1. The summed E-state index contributed by atoms with van der Waals surface area (Å²) >= 11 is 0. The van der Waals surface area contributed by atoms with Gasteiger partial charge in [-0.05, 0) is 86.1 Å². The first-order chi connectivity index (χ1) is 29.7. The summed E-state index contributed by atoms with van der Waals surface area (Å²) in [6.45, 7) is 0. The van der Waals surface area contributed by atoms with Gasteiger partial charge in [-0.15, -0.1) is 0 Å². The average Bonchev–Trinajstić information content (AvgIpc) is 3.90. The van der Waals surface area contributed by atoms with E-state index in [4.69, 9.17) is 13.8 Å². The molecule has 284 valence electrons. The van der Waals surface area contributed by atoms with Gasteiger partial charge in [0.25, 0.3) is 0 Å². The second kappa shape index (κ2) is 14.0. The number of nitrogens with zero attached hydrogens (tertiary/aromatic N) is 1. The Bertz CT molecular complexity index is 3420. The Labute approximate surface area is 346 Å². The Kier molecular flexibility index (Phi) is 8.00. The zero-order chi connectivity index (χ0) is 39.6. The molecule has 0 bridgehead atoms. The van der Waals surface area contributed by atoms with Crippen LogP contribution in [0.15, 0.2) is 214 Å². The molecule has 60 heavy (non-hydrogen) atoms. The second-order valence-electron chi connectivity index (χ2n) is 15.6. The largest absolute Gasteiger partial charge is 0.456 e. The smallest absolute Gasteiger partial charge is 0.143 e. The van der Waals surface area contributed by atoms with E-state index < -0.39 is 0 Å². The molecule has 1 aliphatic rings. The quantitative estimate of drug-likeness (QED) is 0.177. The second-order valence-corrected chi connectivity index (χ2v) is 15.6. The molecule has 0 aliphatic carbocycles. The number of benzene rings is 9. The minimum absolute atomic E-state index is 0.274. The molecule has 0 radical (unpaired) electrons. The van der Waals surface area contributed by atoms with Crippen LogP contribution in [-0.2, 0) is 0 Å². The normalized spacial score (nSPS) is 15.5. The van der Waals surface area contributed by atoms with E-state index in [1.165, 1.54) is 21.9 Å². The Morgan fingerprint density at radius 3 is 1.85 bits per heavy atom. The fourth-order valence-corrected chi connectivity index (χ4v) is 8.93. The number of para-hydroxylation sites is 1. The number of furan rings is 2. The molecule has 11 aromatic rings. The standard InChI is InChI=1S/C55H37N3O2/c1-3-11-34(12-4-1)35-19-23-38(24-20-35)46-31-42(32-47-51-43-16-8-7-13-37(43)28-30-49(51)60-52(46)47)55-57-53(39-14-5-2-6-15-39)56-54(58-55)40-25-21-36(22-26-40)41-27-29-45-44-17-9-10-18-48(44)59-50(45)33-41/h1-33,53,55,57H,(H,56,58). The number of hydrogen-bond acceptors (Lipinski definition) is 5. The molecule has 12 rings (SSSR count). The maximum Gasteiger partial charge on any atom is 0.143 e.